The Hall–Kier alpha value is -4.81. The monoisotopic (exact) mass is 540 g/mol. The highest BCUT2D eigenvalue weighted by atomic mass is 19.4. The van der Waals surface area contributed by atoms with Gasteiger partial charge in [-0.15, -0.1) is 0 Å². The molecule has 4 rings (SSSR count). The van der Waals surface area contributed by atoms with Crippen molar-refractivity contribution in [3.8, 4) is 17.2 Å². The molecule has 0 unspecified atom stereocenters. The molecular formula is C25H15F7N2O4. The summed E-state index contributed by atoms with van der Waals surface area (Å²) < 4.78 is 96.1. The number of hydrogen-bond acceptors (Lipinski definition) is 4. The van der Waals surface area contributed by atoms with Gasteiger partial charge in [-0.2, -0.15) is 13.2 Å². The van der Waals surface area contributed by atoms with Gasteiger partial charge in [0.15, 0.2) is 34.8 Å². The van der Waals surface area contributed by atoms with Gasteiger partial charge in [-0.3, -0.25) is 9.59 Å². The predicted molar refractivity (Wildman–Crippen MR) is 121 cm³/mol. The predicted octanol–water partition coefficient (Wildman–Crippen LogP) is 6.39. The number of amides is 1. The van der Waals surface area contributed by atoms with Gasteiger partial charge in [0.25, 0.3) is 5.91 Å². The zero-order valence-corrected chi connectivity index (χ0v) is 18.7. The molecule has 0 saturated carbocycles. The van der Waals surface area contributed by atoms with Crippen molar-refractivity contribution >= 4 is 11.6 Å². The molecule has 198 valence electrons. The van der Waals surface area contributed by atoms with E-state index in [1.165, 1.54) is 18.3 Å². The first-order valence-electron chi connectivity index (χ1n) is 10.3. The van der Waals surface area contributed by atoms with Gasteiger partial charge in [-0.05, 0) is 48.5 Å². The minimum atomic E-state index is -4.78. The summed E-state index contributed by atoms with van der Waals surface area (Å²) in [5.74, 6) is -7.46. The SMILES string of the molecule is O=C(Nc1cc[nH]c(=O)c1)c1cc(C(F)(F)F)ccc1Oc1c(F)cccc1F.Oc1c(F)cccc1F. The first-order valence-corrected chi connectivity index (χ1v) is 10.3. The molecule has 1 heterocycles. The van der Waals surface area contributed by atoms with Crippen molar-refractivity contribution in [3.63, 3.8) is 0 Å². The average Bonchev–Trinajstić information content (AvgIpc) is 2.84. The molecule has 0 aliphatic rings. The second-order valence-electron chi connectivity index (χ2n) is 7.33. The third-order valence-corrected chi connectivity index (χ3v) is 4.65. The van der Waals surface area contributed by atoms with E-state index in [1.807, 2.05) is 0 Å². The Labute approximate surface area is 208 Å². The number of para-hydroxylation sites is 2. The summed E-state index contributed by atoms with van der Waals surface area (Å²) in [5.41, 5.74) is -2.37. The summed E-state index contributed by atoms with van der Waals surface area (Å²) in [5, 5.41) is 10.7. The molecule has 0 bridgehead atoms. The third-order valence-electron chi connectivity index (χ3n) is 4.65. The van der Waals surface area contributed by atoms with Crippen LogP contribution in [0.4, 0.5) is 36.4 Å². The number of alkyl halides is 3. The van der Waals surface area contributed by atoms with Crippen LogP contribution in [0.15, 0.2) is 77.7 Å². The van der Waals surface area contributed by atoms with Gasteiger partial charge in [0, 0.05) is 18.0 Å². The highest BCUT2D eigenvalue weighted by Gasteiger charge is 2.32. The van der Waals surface area contributed by atoms with Gasteiger partial charge >= 0.3 is 6.18 Å². The number of ether oxygens (including phenoxy) is 1. The maximum absolute atomic E-state index is 13.8. The molecule has 13 heteroatoms. The van der Waals surface area contributed by atoms with E-state index in [1.54, 1.807) is 0 Å². The number of H-pyrrole nitrogens is 1. The van der Waals surface area contributed by atoms with Gasteiger partial charge < -0.3 is 20.1 Å². The van der Waals surface area contributed by atoms with E-state index in [4.69, 9.17) is 9.84 Å². The van der Waals surface area contributed by atoms with E-state index < -0.39 is 69.3 Å². The normalized spacial score (nSPS) is 10.8. The number of hydrogen-bond donors (Lipinski definition) is 3. The van der Waals surface area contributed by atoms with E-state index in [-0.39, 0.29) is 5.69 Å². The molecule has 1 amide bonds. The number of phenols is 1. The lowest BCUT2D eigenvalue weighted by molar-refractivity contribution is -0.137. The number of aromatic amines is 1. The molecule has 0 spiro atoms. The molecule has 0 saturated heterocycles. The number of aromatic nitrogens is 1. The van der Waals surface area contributed by atoms with Gasteiger partial charge in [0.1, 0.15) is 5.75 Å². The van der Waals surface area contributed by atoms with Gasteiger partial charge in [-0.1, -0.05) is 12.1 Å². The molecule has 4 aromatic rings. The Balaban J connectivity index is 0.000000375. The first-order chi connectivity index (χ1) is 17.9. The van der Waals surface area contributed by atoms with Crippen molar-refractivity contribution in [2.75, 3.05) is 5.32 Å². The van der Waals surface area contributed by atoms with Gasteiger partial charge in [0.2, 0.25) is 5.56 Å². The van der Waals surface area contributed by atoms with E-state index >= 15 is 0 Å². The number of rotatable bonds is 4. The topological polar surface area (TPSA) is 91.4 Å². The zero-order chi connectivity index (χ0) is 28.0. The number of aromatic hydroxyl groups is 1. The largest absolute Gasteiger partial charge is 0.503 e. The minimum absolute atomic E-state index is 0.000756. The van der Waals surface area contributed by atoms with Crippen LogP contribution in [0.1, 0.15) is 15.9 Å². The Morgan fingerprint density at radius 3 is 1.95 bits per heavy atom. The molecule has 0 aliphatic carbocycles. The molecule has 0 radical (unpaired) electrons. The average molecular weight is 540 g/mol. The standard InChI is InChI=1S/C19H11F5N2O3.C6H4F2O/c20-13-2-1-3-14(21)17(13)29-15-5-4-10(19(22,23)24)8-12(15)18(28)26-11-6-7-25-16(27)9-11;7-4-2-1-3-5(8)6(4)9/h1-9H,(H2,25,26,27,28);1-3,9H. The van der Waals surface area contributed by atoms with Crippen molar-refractivity contribution in [1.29, 1.82) is 0 Å². The number of phenolic OH excluding ortho intramolecular Hbond substituents is 1. The molecule has 0 atom stereocenters. The van der Waals surface area contributed by atoms with Crippen LogP contribution in [-0.4, -0.2) is 16.0 Å². The fraction of sp³-hybridized carbons (Fsp3) is 0.0400. The number of pyridine rings is 1. The van der Waals surface area contributed by atoms with E-state index in [2.05, 4.69) is 10.3 Å². The van der Waals surface area contributed by atoms with Crippen molar-refractivity contribution in [3.05, 3.63) is 118 Å². The van der Waals surface area contributed by atoms with Gasteiger partial charge in [-0.25, -0.2) is 17.6 Å². The Morgan fingerprint density at radius 2 is 1.42 bits per heavy atom. The van der Waals surface area contributed by atoms with Crippen molar-refractivity contribution in [2.45, 2.75) is 6.18 Å². The van der Waals surface area contributed by atoms with E-state index in [9.17, 15) is 40.3 Å². The first kappa shape index (κ1) is 27.8. The summed E-state index contributed by atoms with van der Waals surface area (Å²) in [6.07, 6.45) is -3.56. The minimum Gasteiger partial charge on any atom is -0.503 e. The van der Waals surface area contributed by atoms with Gasteiger partial charge in [0.05, 0.1) is 11.1 Å². The maximum Gasteiger partial charge on any atom is 0.416 e. The van der Waals surface area contributed by atoms with Crippen LogP contribution in [0, 0.1) is 23.3 Å². The summed E-state index contributed by atoms with van der Waals surface area (Å²) in [4.78, 5) is 26.1. The molecule has 0 fully saturated rings. The molecule has 3 aromatic carbocycles. The number of halogens is 7. The smallest absolute Gasteiger partial charge is 0.416 e. The summed E-state index contributed by atoms with van der Waals surface area (Å²) >= 11 is 0. The highest BCUT2D eigenvalue weighted by Crippen LogP contribution is 2.35. The molecule has 38 heavy (non-hydrogen) atoms. The Kier molecular flexibility index (Phi) is 8.40. The molecule has 3 N–H and O–H groups in total. The maximum atomic E-state index is 13.8. The van der Waals surface area contributed by atoms with Crippen LogP contribution in [0.25, 0.3) is 0 Å². The second kappa shape index (κ2) is 11.5. The summed E-state index contributed by atoms with van der Waals surface area (Å²) in [6.45, 7) is 0. The molecule has 0 aliphatic heterocycles. The lowest BCUT2D eigenvalue weighted by atomic mass is 10.1. The molecule has 1 aromatic heterocycles. The van der Waals surface area contributed by atoms with E-state index in [0.29, 0.717) is 12.1 Å². The fourth-order valence-electron chi connectivity index (χ4n) is 2.87. The Bertz CT molecular complexity index is 1480. The molecule has 6 nitrogen and oxygen atoms in total. The highest BCUT2D eigenvalue weighted by molar-refractivity contribution is 6.06. The van der Waals surface area contributed by atoms with Crippen molar-refractivity contribution in [2.24, 2.45) is 0 Å². The lowest BCUT2D eigenvalue weighted by Crippen LogP contribution is -2.17. The second-order valence-corrected chi connectivity index (χ2v) is 7.33. The lowest BCUT2D eigenvalue weighted by Gasteiger charge is -2.15. The van der Waals surface area contributed by atoms with Crippen molar-refractivity contribution in [1.82, 2.24) is 4.98 Å². The number of anilines is 1. The van der Waals surface area contributed by atoms with Crippen LogP contribution < -0.4 is 15.6 Å². The summed E-state index contributed by atoms with van der Waals surface area (Å²) in [7, 11) is 0. The molecular weight excluding hydrogens is 525 g/mol. The zero-order valence-electron chi connectivity index (χ0n) is 18.7. The Morgan fingerprint density at radius 1 is 0.842 bits per heavy atom. The number of carbonyl (C=O) groups excluding carboxylic acids is 1. The van der Waals surface area contributed by atoms with Crippen LogP contribution in [0.2, 0.25) is 0 Å². The van der Waals surface area contributed by atoms with E-state index in [0.717, 1.165) is 42.5 Å². The number of carbonyl (C=O) groups is 1. The summed E-state index contributed by atoms with van der Waals surface area (Å²) in [6, 6.07) is 10.2. The number of benzene rings is 3. The number of nitrogens with one attached hydrogen (secondary N) is 2. The fourth-order valence-corrected chi connectivity index (χ4v) is 2.87. The third kappa shape index (κ3) is 6.90. The van der Waals surface area contributed by atoms with Crippen LogP contribution in [0.5, 0.6) is 17.2 Å². The van der Waals surface area contributed by atoms with Crippen LogP contribution in [0.3, 0.4) is 0 Å². The quantitative estimate of drug-likeness (QED) is 0.262. The van der Waals surface area contributed by atoms with Crippen LogP contribution in [-0.2, 0) is 6.18 Å². The van der Waals surface area contributed by atoms with Crippen molar-refractivity contribution < 1.29 is 45.4 Å². The van der Waals surface area contributed by atoms with Crippen LogP contribution >= 0.6 is 0 Å².